The molecule has 3 heterocycles. The van der Waals surface area contributed by atoms with Gasteiger partial charge in [0.1, 0.15) is 0 Å². The Bertz CT molecular complexity index is 749. The summed E-state index contributed by atoms with van der Waals surface area (Å²) in [5.74, 6) is 1.70. The number of hydrogen-bond acceptors (Lipinski definition) is 8. The molecule has 1 fully saturated rings. The van der Waals surface area contributed by atoms with Gasteiger partial charge < -0.3 is 19.7 Å². The fourth-order valence-electron chi connectivity index (χ4n) is 3.33. The summed E-state index contributed by atoms with van der Waals surface area (Å²) < 4.78 is 10.9. The molecule has 27 heavy (non-hydrogen) atoms. The molecule has 4 rings (SSSR count). The van der Waals surface area contributed by atoms with Crippen molar-refractivity contribution >= 4 is 35.1 Å². The van der Waals surface area contributed by atoms with Crippen molar-refractivity contribution in [3.05, 3.63) is 23.8 Å². The van der Waals surface area contributed by atoms with Crippen LogP contribution in [0, 0.1) is 0 Å². The zero-order chi connectivity index (χ0) is 17.9. The predicted molar refractivity (Wildman–Crippen MR) is 114 cm³/mol. The number of fused-ring (bicyclic) bond motifs is 1. The molecule has 1 aromatic heterocycles. The fourth-order valence-corrected chi connectivity index (χ4v) is 4.15. The Balaban J connectivity index is 0.00000210. The van der Waals surface area contributed by atoms with Crippen LogP contribution in [0.2, 0.25) is 0 Å². The molecule has 2 aliphatic rings. The summed E-state index contributed by atoms with van der Waals surface area (Å²) in [4.78, 5) is 4.84. The zero-order valence-electron chi connectivity index (χ0n) is 15.8. The molecule has 7 nitrogen and oxygen atoms in total. The van der Waals surface area contributed by atoms with Gasteiger partial charge in [-0.1, -0.05) is 24.3 Å². The van der Waals surface area contributed by atoms with E-state index in [1.54, 1.807) is 11.3 Å². The molecule has 0 saturated carbocycles. The molecular formula is C18H27N5O2S2. The van der Waals surface area contributed by atoms with E-state index in [-0.39, 0.29) is 13.5 Å². The number of ether oxygens (including phenoxy) is 2. The monoisotopic (exact) mass is 409 g/mol. The van der Waals surface area contributed by atoms with Crippen LogP contribution in [0.5, 0.6) is 11.5 Å². The first kappa shape index (κ1) is 20.0. The van der Waals surface area contributed by atoms with E-state index in [9.17, 15) is 0 Å². The number of nitrogens with zero attached hydrogens (tertiary/aromatic N) is 4. The average molecular weight is 410 g/mol. The van der Waals surface area contributed by atoms with E-state index < -0.39 is 0 Å². The maximum atomic E-state index is 5.51. The summed E-state index contributed by atoms with van der Waals surface area (Å²) in [7, 11) is 0. The number of hydrogen-bond donors (Lipinski definition) is 1. The standard InChI is InChI=1S/C18H25N5O2S.H2S/c1-3-6-19-17-20-21-18(26-17)23-9-7-22(8-10-23)13(2)14-4-5-15-16(11-14)25-12-24-15;/h4-5,11,13H,3,6-10,12H2,1-2H3,(H,19,20);1H2/t13-;/m0./s1. The van der Waals surface area contributed by atoms with Gasteiger partial charge in [0.2, 0.25) is 17.1 Å². The third-order valence-electron chi connectivity index (χ3n) is 4.95. The maximum absolute atomic E-state index is 5.51. The second-order valence-corrected chi connectivity index (χ2v) is 7.58. The highest BCUT2D eigenvalue weighted by Crippen LogP contribution is 2.35. The molecular weight excluding hydrogens is 382 g/mol. The molecule has 0 bridgehead atoms. The molecule has 2 aromatic rings. The highest BCUT2D eigenvalue weighted by Gasteiger charge is 2.25. The van der Waals surface area contributed by atoms with Gasteiger partial charge in [0.05, 0.1) is 0 Å². The third-order valence-corrected chi connectivity index (χ3v) is 5.89. The molecule has 1 aromatic carbocycles. The lowest BCUT2D eigenvalue weighted by Crippen LogP contribution is -2.47. The Hall–Kier alpha value is -1.71. The Labute approximate surface area is 171 Å². The van der Waals surface area contributed by atoms with Gasteiger partial charge in [-0.2, -0.15) is 13.5 Å². The summed E-state index contributed by atoms with van der Waals surface area (Å²) in [5, 5.41) is 13.8. The van der Waals surface area contributed by atoms with E-state index in [0.717, 1.165) is 60.9 Å². The van der Waals surface area contributed by atoms with Crippen molar-refractivity contribution < 1.29 is 9.47 Å². The molecule has 0 unspecified atom stereocenters. The molecule has 0 radical (unpaired) electrons. The lowest BCUT2D eigenvalue weighted by atomic mass is 10.1. The van der Waals surface area contributed by atoms with Gasteiger partial charge in [0.25, 0.3) is 0 Å². The van der Waals surface area contributed by atoms with Crippen molar-refractivity contribution in [2.75, 3.05) is 49.7 Å². The van der Waals surface area contributed by atoms with E-state index in [0.29, 0.717) is 12.8 Å². The number of anilines is 2. The second-order valence-electron chi connectivity index (χ2n) is 6.63. The number of nitrogens with one attached hydrogen (secondary N) is 1. The molecule has 0 spiro atoms. The first-order chi connectivity index (χ1) is 12.7. The molecule has 0 aliphatic carbocycles. The van der Waals surface area contributed by atoms with Crippen LogP contribution in [-0.2, 0) is 0 Å². The van der Waals surface area contributed by atoms with Crippen LogP contribution >= 0.6 is 24.8 Å². The summed E-state index contributed by atoms with van der Waals surface area (Å²) in [5.41, 5.74) is 1.27. The van der Waals surface area contributed by atoms with Gasteiger partial charge in [-0.15, -0.1) is 10.2 Å². The van der Waals surface area contributed by atoms with Crippen molar-refractivity contribution in [3.63, 3.8) is 0 Å². The first-order valence-corrected chi connectivity index (χ1v) is 10.0. The van der Waals surface area contributed by atoms with Crippen LogP contribution in [-0.4, -0.2) is 54.6 Å². The smallest absolute Gasteiger partial charge is 0.231 e. The number of piperazine rings is 1. The maximum Gasteiger partial charge on any atom is 0.231 e. The molecule has 148 valence electrons. The lowest BCUT2D eigenvalue weighted by molar-refractivity contribution is 0.173. The highest BCUT2D eigenvalue weighted by atomic mass is 32.1. The van der Waals surface area contributed by atoms with Crippen LogP contribution in [0.1, 0.15) is 31.9 Å². The summed E-state index contributed by atoms with van der Waals surface area (Å²) in [6, 6.07) is 6.61. The minimum absolute atomic E-state index is 0. The van der Waals surface area contributed by atoms with E-state index in [2.05, 4.69) is 51.3 Å². The lowest BCUT2D eigenvalue weighted by Gasteiger charge is -2.38. The highest BCUT2D eigenvalue weighted by molar-refractivity contribution is 7.59. The van der Waals surface area contributed by atoms with Gasteiger partial charge in [-0.05, 0) is 31.0 Å². The Kier molecular flexibility index (Phi) is 6.67. The van der Waals surface area contributed by atoms with Crippen LogP contribution in [0.4, 0.5) is 10.3 Å². The number of benzene rings is 1. The Morgan fingerprint density at radius 3 is 2.70 bits per heavy atom. The van der Waals surface area contributed by atoms with E-state index >= 15 is 0 Å². The van der Waals surface area contributed by atoms with Crippen LogP contribution in [0.15, 0.2) is 18.2 Å². The molecule has 2 aliphatic heterocycles. The van der Waals surface area contributed by atoms with Crippen molar-refractivity contribution in [2.24, 2.45) is 0 Å². The zero-order valence-corrected chi connectivity index (χ0v) is 17.6. The summed E-state index contributed by atoms with van der Waals surface area (Å²) in [6.45, 7) is 9.62. The SMILES string of the molecule is CCCNc1nnc(N2CCN([C@@H](C)c3ccc4c(c3)OCO4)CC2)s1.S. The van der Waals surface area contributed by atoms with Gasteiger partial charge in [-0.3, -0.25) is 4.90 Å². The first-order valence-electron chi connectivity index (χ1n) is 9.20. The minimum Gasteiger partial charge on any atom is -0.454 e. The van der Waals surface area contributed by atoms with Gasteiger partial charge >= 0.3 is 0 Å². The van der Waals surface area contributed by atoms with Crippen LogP contribution in [0.3, 0.4) is 0 Å². The Morgan fingerprint density at radius 1 is 1.15 bits per heavy atom. The van der Waals surface area contributed by atoms with Crippen LogP contribution in [0.25, 0.3) is 0 Å². The summed E-state index contributed by atoms with van der Waals surface area (Å²) in [6.07, 6.45) is 1.09. The van der Waals surface area contributed by atoms with Crippen LogP contribution < -0.4 is 19.7 Å². The molecule has 9 heteroatoms. The van der Waals surface area contributed by atoms with Gasteiger partial charge in [-0.25, -0.2) is 0 Å². The average Bonchev–Trinajstić information content (AvgIpc) is 3.34. The largest absolute Gasteiger partial charge is 0.454 e. The molecule has 0 amide bonds. The second kappa shape index (κ2) is 8.99. The van der Waals surface area contributed by atoms with E-state index in [1.165, 1.54) is 5.56 Å². The fraction of sp³-hybridized carbons (Fsp3) is 0.556. The topological polar surface area (TPSA) is 62.8 Å². The molecule has 1 atom stereocenters. The van der Waals surface area contributed by atoms with E-state index in [1.807, 2.05) is 6.07 Å². The molecule has 1 saturated heterocycles. The predicted octanol–water partition coefficient (Wildman–Crippen LogP) is 3.08. The van der Waals surface area contributed by atoms with Gasteiger partial charge in [0, 0.05) is 38.8 Å². The molecule has 1 N–H and O–H groups in total. The normalized spacial score (nSPS) is 17.5. The third kappa shape index (κ3) is 4.41. The Morgan fingerprint density at radius 2 is 1.93 bits per heavy atom. The van der Waals surface area contributed by atoms with E-state index in [4.69, 9.17) is 9.47 Å². The quantitative estimate of drug-likeness (QED) is 0.787. The summed E-state index contributed by atoms with van der Waals surface area (Å²) >= 11 is 1.64. The number of rotatable bonds is 6. The van der Waals surface area contributed by atoms with Crippen molar-refractivity contribution in [3.8, 4) is 11.5 Å². The van der Waals surface area contributed by atoms with Crippen molar-refractivity contribution in [1.29, 1.82) is 0 Å². The van der Waals surface area contributed by atoms with Crippen molar-refractivity contribution in [2.45, 2.75) is 26.3 Å². The van der Waals surface area contributed by atoms with Gasteiger partial charge in [0.15, 0.2) is 11.5 Å². The minimum atomic E-state index is 0. The van der Waals surface area contributed by atoms with Crippen molar-refractivity contribution in [1.82, 2.24) is 15.1 Å². The number of aromatic nitrogens is 2.